The molecule has 0 N–H and O–H groups in total. The van der Waals surface area contributed by atoms with Crippen molar-refractivity contribution in [1.82, 2.24) is 4.98 Å². The summed E-state index contributed by atoms with van der Waals surface area (Å²) >= 11 is 1.26. The Bertz CT molecular complexity index is 613. The third-order valence-corrected chi connectivity index (χ3v) is 3.53. The van der Waals surface area contributed by atoms with Crippen LogP contribution in [0, 0.1) is 11.6 Å². The number of aryl methyl sites for hydroxylation is 1. The number of halogens is 2. The zero-order chi connectivity index (χ0) is 14.5. The highest BCUT2D eigenvalue weighted by atomic mass is 32.1. The van der Waals surface area contributed by atoms with Crippen molar-refractivity contribution in [2.45, 2.75) is 19.8 Å². The van der Waals surface area contributed by atoms with Crippen LogP contribution in [0.4, 0.5) is 8.78 Å². The number of nitrogens with zero attached hydrogens (tertiary/aromatic N) is 1. The largest absolute Gasteiger partial charge is 0.466 e. The molecule has 0 unspecified atom stereocenters. The molecular formula is C14H13F2NO2S. The maximum atomic E-state index is 13.6. The molecule has 0 spiro atoms. The first kappa shape index (κ1) is 14.6. The van der Waals surface area contributed by atoms with Crippen molar-refractivity contribution in [1.29, 1.82) is 0 Å². The third-order valence-electron chi connectivity index (χ3n) is 2.60. The van der Waals surface area contributed by atoms with Crippen LogP contribution in [-0.2, 0) is 16.0 Å². The molecule has 6 heteroatoms. The molecule has 1 aromatic heterocycles. The van der Waals surface area contributed by atoms with E-state index in [1.165, 1.54) is 23.5 Å². The van der Waals surface area contributed by atoms with Gasteiger partial charge < -0.3 is 4.74 Å². The van der Waals surface area contributed by atoms with Gasteiger partial charge in [-0.15, -0.1) is 11.3 Å². The number of thiazole rings is 1. The maximum absolute atomic E-state index is 13.6. The molecule has 0 saturated heterocycles. The van der Waals surface area contributed by atoms with E-state index in [0.717, 1.165) is 6.07 Å². The predicted octanol–water partition coefficient (Wildman–Crippen LogP) is 3.58. The Morgan fingerprint density at radius 2 is 2.20 bits per heavy atom. The summed E-state index contributed by atoms with van der Waals surface area (Å²) in [7, 11) is 0. The van der Waals surface area contributed by atoms with Gasteiger partial charge in [0.15, 0.2) is 0 Å². The first-order valence-electron chi connectivity index (χ1n) is 6.15. The standard InChI is InChI=1S/C14H13F2NO2S/c1-2-19-13(18)6-4-10-8-20-14(17-10)11-5-3-9(15)7-12(11)16/h3,5,7-8H,2,4,6H2,1H3. The highest BCUT2D eigenvalue weighted by Crippen LogP contribution is 2.27. The Hall–Kier alpha value is -1.82. The molecule has 1 aromatic carbocycles. The van der Waals surface area contributed by atoms with Gasteiger partial charge >= 0.3 is 5.97 Å². The van der Waals surface area contributed by atoms with Crippen molar-refractivity contribution in [2.24, 2.45) is 0 Å². The zero-order valence-corrected chi connectivity index (χ0v) is 11.7. The molecule has 0 radical (unpaired) electrons. The van der Waals surface area contributed by atoms with E-state index in [-0.39, 0.29) is 18.0 Å². The molecule has 2 rings (SSSR count). The summed E-state index contributed by atoms with van der Waals surface area (Å²) in [5.74, 6) is -1.54. The van der Waals surface area contributed by atoms with Gasteiger partial charge in [0.25, 0.3) is 0 Å². The molecule has 0 amide bonds. The van der Waals surface area contributed by atoms with Gasteiger partial charge in [0.1, 0.15) is 16.6 Å². The van der Waals surface area contributed by atoms with E-state index in [4.69, 9.17) is 4.74 Å². The lowest BCUT2D eigenvalue weighted by atomic mass is 10.2. The monoisotopic (exact) mass is 297 g/mol. The summed E-state index contributed by atoms with van der Waals surface area (Å²) in [6.07, 6.45) is 0.682. The molecule has 0 bridgehead atoms. The number of aromatic nitrogens is 1. The van der Waals surface area contributed by atoms with Crippen molar-refractivity contribution >= 4 is 17.3 Å². The second kappa shape index (κ2) is 6.56. The van der Waals surface area contributed by atoms with E-state index in [0.29, 0.717) is 23.7 Å². The molecule has 0 atom stereocenters. The Balaban J connectivity index is 2.07. The molecule has 2 aromatic rings. The minimum Gasteiger partial charge on any atom is -0.466 e. The second-order valence-corrected chi connectivity index (χ2v) is 4.93. The number of carbonyl (C=O) groups excluding carboxylic acids is 1. The van der Waals surface area contributed by atoms with Crippen molar-refractivity contribution in [2.75, 3.05) is 6.61 Å². The summed E-state index contributed by atoms with van der Waals surface area (Å²) in [6.45, 7) is 2.10. The van der Waals surface area contributed by atoms with Gasteiger partial charge in [-0.3, -0.25) is 4.79 Å². The number of esters is 1. The SMILES string of the molecule is CCOC(=O)CCc1csc(-c2ccc(F)cc2F)n1. The van der Waals surface area contributed by atoms with Crippen LogP contribution in [0.5, 0.6) is 0 Å². The second-order valence-electron chi connectivity index (χ2n) is 4.07. The van der Waals surface area contributed by atoms with E-state index < -0.39 is 11.6 Å². The van der Waals surface area contributed by atoms with Gasteiger partial charge in [0.05, 0.1) is 18.7 Å². The van der Waals surface area contributed by atoms with Crippen LogP contribution in [0.1, 0.15) is 19.0 Å². The molecule has 0 fully saturated rings. The number of hydrogen-bond donors (Lipinski definition) is 0. The number of carbonyl (C=O) groups is 1. The van der Waals surface area contributed by atoms with Crippen LogP contribution in [0.15, 0.2) is 23.6 Å². The van der Waals surface area contributed by atoms with Gasteiger partial charge in [0, 0.05) is 23.4 Å². The molecule has 3 nitrogen and oxygen atoms in total. The van der Waals surface area contributed by atoms with E-state index in [1.54, 1.807) is 12.3 Å². The highest BCUT2D eigenvalue weighted by Gasteiger charge is 2.11. The molecule has 0 saturated carbocycles. The average Bonchev–Trinajstić information content (AvgIpc) is 2.85. The molecular weight excluding hydrogens is 284 g/mol. The van der Waals surface area contributed by atoms with Crippen molar-refractivity contribution in [3.8, 4) is 10.6 Å². The lowest BCUT2D eigenvalue weighted by Crippen LogP contribution is -2.05. The topological polar surface area (TPSA) is 39.2 Å². The Labute approximate surface area is 119 Å². The predicted molar refractivity (Wildman–Crippen MR) is 72.4 cm³/mol. The van der Waals surface area contributed by atoms with E-state index in [1.807, 2.05) is 0 Å². The van der Waals surface area contributed by atoms with Crippen molar-refractivity contribution < 1.29 is 18.3 Å². The van der Waals surface area contributed by atoms with Crippen LogP contribution in [0.25, 0.3) is 10.6 Å². The van der Waals surface area contributed by atoms with Crippen LogP contribution < -0.4 is 0 Å². The Morgan fingerprint density at radius 1 is 1.40 bits per heavy atom. The fourth-order valence-electron chi connectivity index (χ4n) is 1.67. The van der Waals surface area contributed by atoms with Crippen LogP contribution in [0.3, 0.4) is 0 Å². The molecule has 0 aliphatic heterocycles. The third kappa shape index (κ3) is 3.60. The van der Waals surface area contributed by atoms with Crippen molar-refractivity contribution in [3.63, 3.8) is 0 Å². The summed E-state index contributed by atoms with van der Waals surface area (Å²) in [5, 5.41) is 2.23. The summed E-state index contributed by atoms with van der Waals surface area (Å²) in [5.41, 5.74) is 0.959. The number of ether oxygens (including phenoxy) is 1. The first-order valence-corrected chi connectivity index (χ1v) is 7.03. The van der Waals surface area contributed by atoms with E-state index in [9.17, 15) is 13.6 Å². The quantitative estimate of drug-likeness (QED) is 0.792. The Morgan fingerprint density at radius 3 is 2.90 bits per heavy atom. The number of benzene rings is 1. The van der Waals surface area contributed by atoms with Gasteiger partial charge in [-0.1, -0.05) is 0 Å². The lowest BCUT2D eigenvalue weighted by molar-refractivity contribution is -0.143. The molecule has 0 aliphatic carbocycles. The smallest absolute Gasteiger partial charge is 0.306 e. The molecule has 106 valence electrons. The highest BCUT2D eigenvalue weighted by molar-refractivity contribution is 7.13. The normalized spacial score (nSPS) is 10.6. The summed E-state index contributed by atoms with van der Waals surface area (Å²) in [6, 6.07) is 3.38. The lowest BCUT2D eigenvalue weighted by Gasteiger charge is -2.00. The zero-order valence-electron chi connectivity index (χ0n) is 10.9. The first-order chi connectivity index (χ1) is 9.60. The van der Waals surface area contributed by atoms with Gasteiger partial charge in [0.2, 0.25) is 0 Å². The number of hydrogen-bond acceptors (Lipinski definition) is 4. The van der Waals surface area contributed by atoms with Crippen LogP contribution >= 0.6 is 11.3 Å². The van der Waals surface area contributed by atoms with Gasteiger partial charge in [-0.25, -0.2) is 13.8 Å². The average molecular weight is 297 g/mol. The molecule has 20 heavy (non-hydrogen) atoms. The fraction of sp³-hybridized carbons (Fsp3) is 0.286. The minimum absolute atomic E-state index is 0.239. The van der Waals surface area contributed by atoms with Gasteiger partial charge in [-0.2, -0.15) is 0 Å². The van der Waals surface area contributed by atoms with Gasteiger partial charge in [-0.05, 0) is 19.1 Å². The molecule has 1 heterocycles. The fourth-order valence-corrected chi connectivity index (χ4v) is 2.55. The number of rotatable bonds is 5. The summed E-state index contributed by atoms with van der Waals surface area (Å²) < 4.78 is 31.3. The van der Waals surface area contributed by atoms with E-state index >= 15 is 0 Å². The molecule has 0 aliphatic rings. The minimum atomic E-state index is -0.642. The summed E-state index contributed by atoms with van der Waals surface area (Å²) in [4.78, 5) is 15.5. The van der Waals surface area contributed by atoms with Crippen molar-refractivity contribution in [3.05, 3.63) is 40.9 Å². The van der Waals surface area contributed by atoms with E-state index in [2.05, 4.69) is 4.98 Å². The maximum Gasteiger partial charge on any atom is 0.306 e. The Kier molecular flexibility index (Phi) is 4.79. The van der Waals surface area contributed by atoms with Crippen LogP contribution in [0.2, 0.25) is 0 Å². The van der Waals surface area contributed by atoms with Crippen LogP contribution in [-0.4, -0.2) is 17.6 Å².